The van der Waals surface area contributed by atoms with Crippen LogP contribution in [0.25, 0.3) is 0 Å². The van der Waals surface area contributed by atoms with Gasteiger partial charge in [-0.1, -0.05) is 20.8 Å². The van der Waals surface area contributed by atoms with Crippen LogP contribution < -0.4 is 5.73 Å². The van der Waals surface area contributed by atoms with Crippen molar-refractivity contribution in [2.45, 2.75) is 70.9 Å². The molecule has 3 N–H and O–H groups in total. The Morgan fingerprint density at radius 2 is 1.95 bits per heavy atom. The molecule has 1 aliphatic heterocycles. The van der Waals surface area contributed by atoms with E-state index in [1.165, 1.54) is 32.4 Å². The summed E-state index contributed by atoms with van der Waals surface area (Å²) in [6.45, 7) is 9.70. The van der Waals surface area contributed by atoms with Crippen LogP contribution in [-0.2, 0) is 0 Å². The highest BCUT2D eigenvalue weighted by Crippen LogP contribution is 2.37. The zero-order valence-electron chi connectivity index (χ0n) is 13.0. The summed E-state index contributed by atoms with van der Waals surface area (Å²) in [5.41, 5.74) is 6.35. The van der Waals surface area contributed by atoms with Gasteiger partial charge in [-0.2, -0.15) is 0 Å². The maximum absolute atomic E-state index is 9.40. The summed E-state index contributed by atoms with van der Waals surface area (Å²) in [5, 5.41) is 9.40. The number of hydrogen-bond acceptors (Lipinski definition) is 3. The molecule has 1 saturated heterocycles. The van der Waals surface area contributed by atoms with E-state index in [1.54, 1.807) is 0 Å². The van der Waals surface area contributed by atoms with Gasteiger partial charge in [-0.25, -0.2) is 0 Å². The molecular weight excluding hydrogens is 236 g/mol. The number of aliphatic hydroxyl groups excluding tert-OH is 1. The van der Waals surface area contributed by atoms with E-state index in [0.29, 0.717) is 11.5 Å². The van der Waals surface area contributed by atoms with Gasteiger partial charge >= 0.3 is 0 Å². The molecule has 1 heterocycles. The van der Waals surface area contributed by atoms with Crippen molar-refractivity contribution in [2.75, 3.05) is 19.7 Å². The zero-order valence-corrected chi connectivity index (χ0v) is 13.0. The van der Waals surface area contributed by atoms with Crippen molar-refractivity contribution in [1.82, 2.24) is 4.90 Å². The standard InChI is InChI=1S/C16H32N2O/c1-15(2,3)13-5-4-9-18(10-7-13)14-6-8-16(17,11-14)12-19/h13-14,19H,4-12,17H2,1-3H3. The Bertz CT molecular complexity index is 300. The minimum atomic E-state index is -0.305. The van der Waals surface area contributed by atoms with E-state index < -0.39 is 0 Å². The topological polar surface area (TPSA) is 49.5 Å². The summed E-state index contributed by atoms with van der Waals surface area (Å²) in [4.78, 5) is 2.65. The predicted octanol–water partition coefficient (Wildman–Crippen LogP) is 2.38. The molecule has 0 aromatic heterocycles. The van der Waals surface area contributed by atoms with E-state index in [2.05, 4.69) is 25.7 Å². The average molecular weight is 268 g/mol. The van der Waals surface area contributed by atoms with Crippen LogP contribution in [0.1, 0.15) is 59.3 Å². The lowest BCUT2D eigenvalue weighted by Gasteiger charge is -2.31. The lowest BCUT2D eigenvalue weighted by atomic mass is 9.77. The first-order valence-corrected chi connectivity index (χ1v) is 7.98. The fourth-order valence-corrected chi connectivity index (χ4v) is 3.93. The molecule has 112 valence electrons. The van der Waals surface area contributed by atoms with Gasteiger partial charge in [0.1, 0.15) is 0 Å². The van der Waals surface area contributed by atoms with E-state index in [4.69, 9.17) is 5.73 Å². The smallest absolute Gasteiger partial charge is 0.0611 e. The quantitative estimate of drug-likeness (QED) is 0.808. The van der Waals surface area contributed by atoms with Gasteiger partial charge in [0.05, 0.1) is 6.61 Å². The molecule has 2 aliphatic rings. The highest BCUT2D eigenvalue weighted by molar-refractivity contribution is 4.97. The highest BCUT2D eigenvalue weighted by atomic mass is 16.3. The maximum atomic E-state index is 9.40. The highest BCUT2D eigenvalue weighted by Gasteiger charge is 2.38. The lowest BCUT2D eigenvalue weighted by molar-refractivity contribution is 0.161. The largest absolute Gasteiger partial charge is 0.394 e. The molecule has 3 heteroatoms. The summed E-state index contributed by atoms with van der Waals surface area (Å²) in [7, 11) is 0. The molecule has 1 saturated carbocycles. The molecule has 0 bridgehead atoms. The number of hydrogen-bond donors (Lipinski definition) is 2. The molecule has 19 heavy (non-hydrogen) atoms. The number of rotatable bonds is 2. The lowest BCUT2D eigenvalue weighted by Crippen LogP contribution is -2.43. The maximum Gasteiger partial charge on any atom is 0.0611 e. The van der Waals surface area contributed by atoms with Crippen LogP contribution in [0.15, 0.2) is 0 Å². The summed E-state index contributed by atoms with van der Waals surface area (Å²) in [5.74, 6) is 0.847. The predicted molar refractivity (Wildman–Crippen MR) is 80.0 cm³/mol. The third-order valence-corrected chi connectivity index (χ3v) is 5.44. The fraction of sp³-hybridized carbons (Fsp3) is 1.00. The molecule has 0 spiro atoms. The van der Waals surface area contributed by atoms with E-state index in [1.807, 2.05) is 0 Å². The Hall–Kier alpha value is -0.120. The van der Waals surface area contributed by atoms with E-state index in [-0.39, 0.29) is 12.1 Å². The Morgan fingerprint density at radius 1 is 1.21 bits per heavy atom. The zero-order chi connectivity index (χ0) is 14.1. The average Bonchev–Trinajstić information content (AvgIpc) is 2.59. The molecule has 3 nitrogen and oxygen atoms in total. The summed E-state index contributed by atoms with van der Waals surface area (Å²) < 4.78 is 0. The van der Waals surface area contributed by atoms with Crippen molar-refractivity contribution >= 4 is 0 Å². The molecule has 0 aromatic rings. The molecular formula is C16H32N2O. The SMILES string of the molecule is CC(C)(C)C1CCCN(C2CCC(N)(CO)C2)CC1. The Balaban J connectivity index is 1.90. The minimum Gasteiger partial charge on any atom is -0.394 e. The van der Waals surface area contributed by atoms with Crippen molar-refractivity contribution < 1.29 is 5.11 Å². The molecule has 0 amide bonds. The molecule has 3 unspecified atom stereocenters. The van der Waals surface area contributed by atoms with Crippen molar-refractivity contribution in [1.29, 1.82) is 0 Å². The van der Waals surface area contributed by atoms with Crippen molar-refractivity contribution in [3.05, 3.63) is 0 Å². The van der Waals surface area contributed by atoms with Crippen molar-refractivity contribution in [2.24, 2.45) is 17.1 Å². The van der Waals surface area contributed by atoms with E-state index in [9.17, 15) is 5.11 Å². The summed E-state index contributed by atoms with van der Waals surface area (Å²) in [6, 6.07) is 0.607. The molecule has 3 atom stereocenters. The first-order valence-electron chi connectivity index (χ1n) is 7.98. The normalized spacial score (nSPS) is 38.4. The van der Waals surface area contributed by atoms with Gasteiger partial charge in [0.2, 0.25) is 0 Å². The summed E-state index contributed by atoms with van der Waals surface area (Å²) >= 11 is 0. The van der Waals surface area contributed by atoms with Gasteiger partial charge in [0, 0.05) is 11.6 Å². The van der Waals surface area contributed by atoms with Crippen molar-refractivity contribution in [3.63, 3.8) is 0 Å². The second-order valence-electron chi connectivity index (χ2n) is 7.95. The fourth-order valence-electron chi connectivity index (χ4n) is 3.93. The van der Waals surface area contributed by atoms with E-state index >= 15 is 0 Å². The molecule has 0 aromatic carbocycles. The second kappa shape index (κ2) is 5.71. The Morgan fingerprint density at radius 3 is 2.53 bits per heavy atom. The summed E-state index contributed by atoms with van der Waals surface area (Å²) in [6.07, 6.45) is 7.11. The van der Waals surface area contributed by atoms with Crippen LogP contribution in [0.3, 0.4) is 0 Å². The van der Waals surface area contributed by atoms with Crippen LogP contribution in [0.2, 0.25) is 0 Å². The minimum absolute atomic E-state index is 0.141. The second-order valence-corrected chi connectivity index (χ2v) is 7.95. The Kier molecular flexibility index (Phi) is 4.59. The van der Waals surface area contributed by atoms with Gasteiger partial charge in [-0.3, -0.25) is 0 Å². The number of aliphatic hydroxyl groups is 1. The third kappa shape index (κ3) is 3.71. The van der Waals surface area contributed by atoms with Gasteiger partial charge < -0.3 is 15.7 Å². The van der Waals surface area contributed by atoms with Crippen LogP contribution in [0.5, 0.6) is 0 Å². The molecule has 2 fully saturated rings. The van der Waals surface area contributed by atoms with Crippen LogP contribution in [-0.4, -0.2) is 41.3 Å². The van der Waals surface area contributed by atoms with E-state index in [0.717, 1.165) is 25.2 Å². The first-order chi connectivity index (χ1) is 8.84. The number of nitrogens with zero attached hydrogens (tertiary/aromatic N) is 1. The van der Waals surface area contributed by atoms with Crippen LogP contribution >= 0.6 is 0 Å². The first kappa shape index (κ1) is 15.3. The van der Waals surface area contributed by atoms with Crippen molar-refractivity contribution in [3.8, 4) is 0 Å². The number of nitrogens with two attached hydrogens (primary N) is 1. The number of likely N-dealkylation sites (tertiary alicyclic amines) is 1. The Labute approximate surface area is 118 Å². The van der Waals surface area contributed by atoms with Crippen LogP contribution in [0.4, 0.5) is 0 Å². The third-order valence-electron chi connectivity index (χ3n) is 5.44. The molecule has 0 radical (unpaired) electrons. The molecule has 2 rings (SSSR count). The monoisotopic (exact) mass is 268 g/mol. The van der Waals surface area contributed by atoms with Gasteiger partial charge in [0.15, 0.2) is 0 Å². The van der Waals surface area contributed by atoms with Gasteiger partial charge in [-0.05, 0) is 62.9 Å². The van der Waals surface area contributed by atoms with Gasteiger partial charge in [0.25, 0.3) is 0 Å². The molecule has 1 aliphatic carbocycles. The van der Waals surface area contributed by atoms with Crippen LogP contribution in [0, 0.1) is 11.3 Å². The van der Waals surface area contributed by atoms with Gasteiger partial charge in [-0.15, -0.1) is 0 Å².